The zero-order chi connectivity index (χ0) is 15.5. The van der Waals surface area contributed by atoms with Gasteiger partial charge in [0.1, 0.15) is 0 Å². The van der Waals surface area contributed by atoms with Crippen LogP contribution >= 0.6 is 0 Å². The molecule has 4 nitrogen and oxygen atoms in total. The van der Waals surface area contributed by atoms with E-state index in [0.717, 1.165) is 17.7 Å². The van der Waals surface area contributed by atoms with Gasteiger partial charge in [0.15, 0.2) is 0 Å². The largest absolute Gasteiger partial charge is 0.478 e. The minimum absolute atomic E-state index is 0.296. The molecule has 1 aromatic carbocycles. The molecule has 0 fully saturated rings. The van der Waals surface area contributed by atoms with Gasteiger partial charge in [-0.15, -0.1) is 0 Å². The summed E-state index contributed by atoms with van der Waals surface area (Å²) in [7, 11) is 0. The molecule has 1 aromatic heterocycles. The highest BCUT2D eigenvalue weighted by Gasteiger charge is 2.35. The number of benzene rings is 1. The zero-order valence-corrected chi connectivity index (χ0v) is 10.7. The number of aromatic nitrogens is 1. The Hall–Kier alpha value is -2.57. The summed E-state index contributed by atoms with van der Waals surface area (Å²) in [5.41, 5.74) is -0.820. The Balaban J connectivity index is 2.22. The van der Waals surface area contributed by atoms with Gasteiger partial charge in [-0.2, -0.15) is 13.2 Å². The Kier molecular flexibility index (Phi) is 4.11. The third-order valence-electron chi connectivity index (χ3n) is 2.77. The lowest BCUT2D eigenvalue weighted by molar-refractivity contribution is -0.138. The number of aromatic carboxylic acids is 1. The van der Waals surface area contributed by atoms with Crippen LogP contribution in [0.1, 0.15) is 21.5 Å². The van der Waals surface area contributed by atoms with Crippen LogP contribution in [0.5, 0.6) is 0 Å². The molecule has 0 aliphatic rings. The van der Waals surface area contributed by atoms with Gasteiger partial charge in [0.2, 0.25) is 0 Å². The molecule has 0 aliphatic carbocycles. The molecule has 2 rings (SSSR count). The first-order chi connectivity index (χ1) is 9.88. The number of hydrogen-bond donors (Lipinski definition) is 2. The van der Waals surface area contributed by atoms with E-state index in [9.17, 15) is 18.0 Å². The van der Waals surface area contributed by atoms with Crippen molar-refractivity contribution in [2.24, 2.45) is 0 Å². The van der Waals surface area contributed by atoms with Crippen molar-refractivity contribution in [2.75, 3.05) is 5.32 Å². The van der Waals surface area contributed by atoms with E-state index in [2.05, 4.69) is 10.3 Å². The average Bonchev–Trinajstić information content (AvgIpc) is 2.45. The summed E-state index contributed by atoms with van der Waals surface area (Å²) in [6.45, 7) is 0.332. The predicted octanol–water partition coefficient (Wildman–Crippen LogP) is 3.41. The second kappa shape index (κ2) is 5.82. The van der Waals surface area contributed by atoms with E-state index in [0.29, 0.717) is 12.2 Å². The van der Waals surface area contributed by atoms with E-state index in [4.69, 9.17) is 5.11 Å². The molecule has 0 amide bonds. The van der Waals surface area contributed by atoms with Gasteiger partial charge in [0, 0.05) is 24.6 Å². The fraction of sp³-hybridized carbons (Fsp3) is 0.143. The SMILES string of the molecule is O=C(O)c1cc(NCc2cccnc2)ccc1C(F)(F)F. The van der Waals surface area contributed by atoms with E-state index < -0.39 is 23.3 Å². The number of hydrogen-bond acceptors (Lipinski definition) is 3. The van der Waals surface area contributed by atoms with Crippen LogP contribution in [-0.2, 0) is 12.7 Å². The molecule has 0 saturated carbocycles. The van der Waals surface area contributed by atoms with Crippen molar-refractivity contribution < 1.29 is 23.1 Å². The first kappa shape index (κ1) is 14.8. The van der Waals surface area contributed by atoms with Crippen molar-refractivity contribution >= 4 is 11.7 Å². The van der Waals surface area contributed by atoms with Crippen molar-refractivity contribution in [3.05, 3.63) is 59.4 Å². The Labute approximate surface area is 118 Å². The highest BCUT2D eigenvalue weighted by Crippen LogP contribution is 2.33. The average molecular weight is 296 g/mol. The summed E-state index contributed by atoms with van der Waals surface area (Å²) in [6, 6.07) is 6.46. The molecule has 2 aromatic rings. The maximum atomic E-state index is 12.7. The smallest absolute Gasteiger partial charge is 0.417 e. The van der Waals surface area contributed by atoms with Crippen molar-refractivity contribution in [3.8, 4) is 0 Å². The molecule has 0 aliphatic heterocycles. The molecule has 0 spiro atoms. The van der Waals surface area contributed by atoms with Crippen LogP contribution in [0.4, 0.5) is 18.9 Å². The standard InChI is InChI=1S/C14H11F3N2O2/c15-14(16,17)12-4-3-10(6-11(12)13(20)21)19-8-9-2-1-5-18-7-9/h1-7,19H,8H2,(H,20,21). The summed E-state index contributed by atoms with van der Waals surface area (Å²) in [4.78, 5) is 14.9. The molecule has 0 atom stereocenters. The summed E-state index contributed by atoms with van der Waals surface area (Å²) in [6.07, 6.45) is -1.49. The third-order valence-corrected chi connectivity index (χ3v) is 2.77. The number of carbonyl (C=O) groups is 1. The topological polar surface area (TPSA) is 62.2 Å². The highest BCUT2D eigenvalue weighted by atomic mass is 19.4. The first-order valence-corrected chi connectivity index (χ1v) is 5.95. The fourth-order valence-corrected chi connectivity index (χ4v) is 1.79. The zero-order valence-electron chi connectivity index (χ0n) is 10.7. The number of anilines is 1. The van der Waals surface area contributed by atoms with Gasteiger partial charge in [-0.05, 0) is 29.8 Å². The molecule has 0 bridgehead atoms. The van der Waals surface area contributed by atoms with Crippen LogP contribution < -0.4 is 5.32 Å². The van der Waals surface area contributed by atoms with Gasteiger partial charge in [-0.1, -0.05) is 6.07 Å². The van der Waals surface area contributed by atoms with Crippen LogP contribution in [0.2, 0.25) is 0 Å². The van der Waals surface area contributed by atoms with Gasteiger partial charge >= 0.3 is 12.1 Å². The Bertz CT molecular complexity index is 642. The Morgan fingerprint density at radius 3 is 2.62 bits per heavy atom. The van der Waals surface area contributed by atoms with Crippen molar-refractivity contribution in [3.63, 3.8) is 0 Å². The third kappa shape index (κ3) is 3.71. The molecule has 1 heterocycles. The minimum Gasteiger partial charge on any atom is -0.478 e. The molecule has 7 heteroatoms. The van der Waals surface area contributed by atoms with E-state index in [1.54, 1.807) is 24.5 Å². The lowest BCUT2D eigenvalue weighted by atomic mass is 10.1. The normalized spacial score (nSPS) is 11.2. The molecule has 0 saturated heterocycles. The van der Waals surface area contributed by atoms with E-state index in [1.807, 2.05) is 0 Å². The maximum absolute atomic E-state index is 12.7. The summed E-state index contributed by atoms with van der Waals surface area (Å²) in [5.74, 6) is -1.62. The fourth-order valence-electron chi connectivity index (χ4n) is 1.79. The Morgan fingerprint density at radius 1 is 1.29 bits per heavy atom. The maximum Gasteiger partial charge on any atom is 0.417 e. The molecule has 0 unspecified atom stereocenters. The monoisotopic (exact) mass is 296 g/mol. The lowest BCUT2D eigenvalue weighted by Gasteiger charge is -2.13. The number of nitrogens with one attached hydrogen (secondary N) is 1. The second-order valence-corrected chi connectivity index (χ2v) is 4.28. The summed E-state index contributed by atoms with van der Waals surface area (Å²) in [5, 5.41) is 11.8. The number of carboxylic acid groups (broad SMARTS) is 1. The predicted molar refractivity (Wildman–Crippen MR) is 70.0 cm³/mol. The minimum atomic E-state index is -4.70. The first-order valence-electron chi connectivity index (χ1n) is 5.95. The van der Waals surface area contributed by atoms with Gasteiger partial charge in [0.25, 0.3) is 0 Å². The number of carboxylic acids is 1. The summed E-state index contributed by atoms with van der Waals surface area (Å²) < 4.78 is 38.1. The molecular weight excluding hydrogens is 285 g/mol. The van der Waals surface area contributed by atoms with Crippen molar-refractivity contribution in [1.82, 2.24) is 4.98 Å². The molecule has 110 valence electrons. The number of alkyl halides is 3. The van der Waals surface area contributed by atoms with Crippen molar-refractivity contribution in [2.45, 2.75) is 12.7 Å². The van der Waals surface area contributed by atoms with E-state index in [1.165, 1.54) is 6.07 Å². The van der Waals surface area contributed by atoms with Crippen LogP contribution in [0.25, 0.3) is 0 Å². The second-order valence-electron chi connectivity index (χ2n) is 4.28. The van der Waals surface area contributed by atoms with Crippen LogP contribution in [0.15, 0.2) is 42.7 Å². The number of rotatable bonds is 4. The molecule has 2 N–H and O–H groups in total. The number of halogens is 3. The van der Waals surface area contributed by atoms with E-state index >= 15 is 0 Å². The Morgan fingerprint density at radius 2 is 2.05 bits per heavy atom. The number of pyridine rings is 1. The van der Waals surface area contributed by atoms with Crippen LogP contribution in [-0.4, -0.2) is 16.1 Å². The van der Waals surface area contributed by atoms with Crippen molar-refractivity contribution in [1.29, 1.82) is 0 Å². The highest BCUT2D eigenvalue weighted by molar-refractivity contribution is 5.91. The molecular formula is C14H11F3N2O2. The van der Waals surface area contributed by atoms with Gasteiger partial charge < -0.3 is 10.4 Å². The lowest BCUT2D eigenvalue weighted by Crippen LogP contribution is -2.13. The molecule has 21 heavy (non-hydrogen) atoms. The number of nitrogens with zero attached hydrogens (tertiary/aromatic N) is 1. The van der Waals surface area contributed by atoms with Crippen LogP contribution in [0.3, 0.4) is 0 Å². The van der Waals surface area contributed by atoms with Gasteiger partial charge in [-0.3, -0.25) is 4.98 Å². The summed E-state index contributed by atoms with van der Waals surface area (Å²) >= 11 is 0. The van der Waals surface area contributed by atoms with Crippen LogP contribution in [0, 0.1) is 0 Å². The van der Waals surface area contributed by atoms with E-state index in [-0.39, 0.29) is 0 Å². The molecule has 0 radical (unpaired) electrons. The quantitative estimate of drug-likeness (QED) is 0.907. The van der Waals surface area contributed by atoms with Gasteiger partial charge in [-0.25, -0.2) is 4.79 Å². The van der Waals surface area contributed by atoms with Gasteiger partial charge in [0.05, 0.1) is 11.1 Å².